The van der Waals surface area contributed by atoms with E-state index in [9.17, 15) is 4.21 Å². The van der Waals surface area contributed by atoms with Gasteiger partial charge in [-0.3, -0.25) is 0 Å². The number of hydrogen-bond donors (Lipinski definition) is 0. The van der Waals surface area contributed by atoms with E-state index in [1.807, 2.05) is 0 Å². The van der Waals surface area contributed by atoms with Crippen LogP contribution in [0.4, 0.5) is 0 Å². The molecule has 12 heavy (non-hydrogen) atoms. The lowest BCUT2D eigenvalue weighted by atomic mass is 10.0. The lowest BCUT2D eigenvalue weighted by Crippen LogP contribution is -2.22. The van der Waals surface area contributed by atoms with Crippen molar-refractivity contribution in [1.82, 2.24) is 0 Å². The van der Waals surface area contributed by atoms with Gasteiger partial charge in [0.25, 0.3) is 0 Å². The van der Waals surface area contributed by atoms with Crippen LogP contribution in [-0.2, 0) is 9.73 Å². The van der Waals surface area contributed by atoms with Gasteiger partial charge in [-0.05, 0) is 12.8 Å². The number of rotatable bonds is 1. The zero-order valence-corrected chi connectivity index (χ0v) is 8.14. The molecule has 0 bridgehead atoms. The third kappa shape index (κ3) is 2.21. The summed E-state index contributed by atoms with van der Waals surface area (Å²) in [6.45, 7) is 0. The van der Waals surface area contributed by atoms with Gasteiger partial charge in [-0.1, -0.05) is 19.3 Å². The van der Waals surface area contributed by atoms with E-state index >= 15 is 0 Å². The van der Waals surface area contributed by atoms with E-state index in [4.69, 9.17) is 5.26 Å². The predicted molar refractivity (Wildman–Crippen MR) is 49.0 cm³/mol. The highest BCUT2D eigenvalue weighted by molar-refractivity contribution is 7.93. The molecule has 0 amide bonds. The second-order valence-electron chi connectivity index (χ2n) is 3.31. The average molecular weight is 186 g/mol. The highest BCUT2D eigenvalue weighted by Gasteiger charge is 2.21. The normalized spacial score (nSPS) is 24.0. The molecule has 68 valence electrons. The lowest BCUT2D eigenvalue weighted by Gasteiger charge is -2.21. The molecule has 0 radical (unpaired) electrons. The van der Waals surface area contributed by atoms with Crippen LogP contribution < -0.4 is 0 Å². The maximum Gasteiger partial charge on any atom is 0.214 e. The topological polar surface area (TPSA) is 53.2 Å². The minimum absolute atomic E-state index is 0.158. The fourth-order valence-electron chi connectivity index (χ4n) is 1.66. The minimum Gasteiger partial charge on any atom is -0.249 e. The Hall–Kier alpha value is -0.560. The van der Waals surface area contributed by atoms with Crippen LogP contribution in [0.3, 0.4) is 0 Å². The molecule has 0 aliphatic heterocycles. The first-order valence-electron chi connectivity index (χ1n) is 4.26. The van der Waals surface area contributed by atoms with E-state index in [-0.39, 0.29) is 5.25 Å². The zero-order valence-electron chi connectivity index (χ0n) is 7.32. The molecule has 1 fully saturated rings. The molecule has 0 saturated heterocycles. The molecule has 1 aliphatic carbocycles. The van der Waals surface area contributed by atoms with E-state index in [1.165, 1.54) is 6.42 Å². The predicted octanol–water partition coefficient (Wildman–Crippen LogP) is 1.90. The number of nitriles is 1. The number of hydrogen-bond acceptors (Lipinski definition) is 3. The molecule has 0 aromatic rings. The van der Waals surface area contributed by atoms with Crippen molar-refractivity contribution in [3.8, 4) is 6.19 Å². The van der Waals surface area contributed by atoms with E-state index in [1.54, 1.807) is 12.4 Å². The van der Waals surface area contributed by atoms with Crippen molar-refractivity contribution >= 4 is 9.73 Å². The van der Waals surface area contributed by atoms with Crippen molar-refractivity contribution < 1.29 is 4.21 Å². The molecule has 0 aromatic heterocycles. The van der Waals surface area contributed by atoms with Crippen molar-refractivity contribution in [3.05, 3.63) is 0 Å². The zero-order chi connectivity index (χ0) is 9.03. The largest absolute Gasteiger partial charge is 0.249 e. The Bertz CT molecular complexity index is 291. The molecule has 0 N–H and O–H groups in total. The molecule has 1 saturated carbocycles. The molecule has 0 spiro atoms. The van der Waals surface area contributed by atoms with Gasteiger partial charge >= 0.3 is 0 Å². The van der Waals surface area contributed by atoms with Crippen LogP contribution >= 0.6 is 0 Å². The Morgan fingerprint density at radius 2 is 2.00 bits per heavy atom. The van der Waals surface area contributed by atoms with Gasteiger partial charge in [0.1, 0.15) is 0 Å². The maximum atomic E-state index is 11.8. The molecule has 1 aliphatic rings. The van der Waals surface area contributed by atoms with Crippen molar-refractivity contribution in [1.29, 1.82) is 5.26 Å². The minimum atomic E-state index is -2.22. The van der Waals surface area contributed by atoms with E-state index in [0.29, 0.717) is 0 Å². The van der Waals surface area contributed by atoms with Crippen molar-refractivity contribution in [2.24, 2.45) is 4.36 Å². The molecule has 0 aromatic carbocycles. The van der Waals surface area contributed by atoms with Crippen molar-refractivity contribution in [2.45, 2.75) is 37.4 Å². The van der Waals surface area contributed by atoms with Crippen LogP contribution in [0.2, 0.25) is 0 Å². The fourth-order valence-corrected chi connectivity index (χ4v) is 3.18. The quantitative estimate of drug-likeness (QED) is 0.587. The Labute approximate surface area is 74.0 Å². The van der Waals surface area contributed by atoms with Gasteiger partial charge in [-0.15, -0.1) is 4.36 Å². The van der Waals surface area contributed by atoms with Gasteiger partial charge in [-0.25, -0.2) is 4.21 Å². The van der Waals surface area contributed by atoms with Gasteiger partial charge in [0.15, 0.2) is 0 Å². The number of nitrogens with zero attached hydrogens (tertiary/aromatic N) is 2. The summed E-state index contributed by atoms with van der Waals surface area (Å²) in [4.78, 5) is 0. The summed E-state index contributed by atoms with van der Waals surface area (Å²) in [6.07, 6.45) is 8.71. The molecular formula is C8H14N2OS. The summed E-state index contributed by atoms with van der Waals surface area (Å²) in [5, 5.41) is 8.49. The first-order chi connectivity index (χ1) is 5.67. The Balaban J connectivity index is 2.75. The second-order valence-corrected chi connectivity index (χ2v) is 5.88. The second kappa shape index (κ2) is 3.90. The van der Waals surface area contributed by atoms with Crippen LogP contribution in [0, 0.1) is 11.5 Å². The van der Waals surface area contributed by atoms with Gasteiger partial charge in [0.05, 0.1) is 9.73 Å². The smallest absolute Gasteiger partial charge is 0.214 e. The standard InChI is InChI=1S/C8H14N2OS/c1-12(11,10-7-9)8-5-3-2-4-6-8/h8H,2-6H2,1H3. The van der Waals surface area contributed by atoms with E-state index < -0.39 is 9.73 Å². The molecule has 3 nitrogen and oxygen atoms in total. The first-order valence-corrected chi connectivity index (χ1v) is 6.24. The van der Waals surface area contributed by atoms with E-state index in [0.717, 1.165) is 25.7 Å². The first kappa shape index (κ1) is 9.53. The SMILES string of the molecule is CS(=O)(=NC#N)C1CCCCC1. The Morgan fingerprint density at radius 3 is 2.50 bits per heavy atom. The fraction of sp³-hybridized carbons (Fsp3) is 0.875. The van der Waals surface area contributed by atoms with Gasteiger partial charge in [0, 0.05) is 11.5 Å². The highest BCUT2D eigenvalue weighted by Crippen LogP contribution is 2.24. The summed E-state index contributed by atoms with van der Waals surface area (Å²) in [5.41, 5.74) is 0. The van der Waals surface area contributed by atoms with Crippen LogP contribution in [0.15, 0.2) is 4.36 Å². The Kier molecular flexibility index (Phi) is 3.10. The van der Waals surface area contributed by atoms with Gasteiger partial charge in [0.2, 0.25) is 6.19 Å². The van der Waals surface area contributed by atoms with Crippen LogP contribution in [0.25, 0.3) is 0 Å². The molecule has 1 unspecified atom stereocenters. The van der Waals surface area contributed by atoms with Crippen LogP contribution in [0.1, 0.15) is 32.1 Å². The van der Waals surface area contributed by atoms with Gasteiger partial charge < -0.3 is 0 Å². The third-order valence-corrected chi connectivity index (χ3v) is 4.55. The summed E-state index contributed by atoms with van der Waals surface area (Å²) in [7, 11) is -2.22. The van der Waals surface area contributed by atoms with Crippen molar-refractivity contribution in [3.63, 3.8) is 0 Å². The molecular weight excluding hydrogens is 172 g/mol. The summed E-state index contributed by atoms with van der Waals surface area (Å²) in [6, 6.07) is 0. The average Bonchev–Trinajstić information content (AvgIpc) is 2.06. The highest BCUT2D eigenvalue weighted by atomic mass is 32.2. The van der Waals surface area contributed by atoms with Gasteiger partial charge in [-0.2, -0.15) is 5.26 Å². The molecule has 1 rings (SSSR count). The summed E-state index contributed by atoms with van der Waals surface area (Å²) >= 11 is 0. The monoisotopic (exact) mass is 186 g/mol. The van der Waals surface area contributed by atoms with Crippen LogP contribution in [-0.4, -0.2) is 15.7 Å². The summed E-state index contributed by atoms with van der Waals surface area (Å²) < 4.78 is 15.3. The van der Waals surface area contributed by atoms with E-state index in [2.05, 4.69) is 4.36 Å². The maximum absolute atomic E-state index is 11.8. The molecule has 0 heterocycles. The van der Waals surface area contributed by atoms with Crippen molar-refractivity contribution in [2.75, 3.05) is 6.26 Å². The molecule has 1 atom stereocenters. The van der Waals surface area contributed by atoms with Crippen LogP contribution in [0.5, 0.6) is 0 Å². The molecule has 4 heteroatoms. The Morgan fingerprint density at radius 1 is 1.42 bits per heavy atom. The summed E-state index contributed by atoms with van der Waals surface area (Å²) in [5.74, 6) is 0. The third-order valence-electron chi connectivity index (χ3n) is 2.39. The lowest BCUT2D eigenvalue weighted by molar-refractivity contribution is 0.503.